The zero-order chi connectivity index (χ0) is 16.4. The second kappa shape index (κ2) is 6.21. The van der Waals surface area contributed by atoms with Gasteiger partial charge in [-0.1, -0.05) is 0 Å². The number of rotatable bonds is 4. The highest BCUT2D eigenvalue weighted by Crippen LogP contribution is 2.23. The molecule has 122 valence electrons. The maximum atomic E-state index is 12.9. The average Bonchev–Trinajstić information content (AvgIpc) is 2.99. The third-order valence-corrected chi connectivity index (χ3v) is 5.50. The second-order valence-electron chi connectivity index (χ2n) is 5.36. The van der Waals surface area contributed by atoms with Gasteiger partial charge in [0.2, 0.25) is 15.9 Å². The molecule has 1 unspecified atom stereocenters. The molecule has 1 saturated heterocycles. The predicted octanol–water partition coefficient (Wildman–Crippen LogP) is 1.77. The number of nitrogens with zero attached hydrogens (tertiary/aromatic N) is 3. The Labute approximate surface area is 134 Å². The Balaban J connectivity index is 1.69. The molecule has 0 bridgehead atoms. The van der Waals surface area contributed by atoms with Crippen molar-refractivity contribution in [3.63, 3.8) is 0 Å². The Morgan fingerprint density at radius 2 is 1.91 bits per heavy atom. The van der Waals surface area contributed by atoms with Gasteiger partial charge in [0.05, 0.1) is 17.1 Å². The Morgan fingerprint density at radius 3 is 2.57 bits per heavy atom. The van der Waals surface area contributed by atoms with Crippen LogP contribution in [0.15, 0.2) is 41.3 Å². The monoisotopic (exact) mass is 337 g/mol. The number of aromatic nitrogens is 2. The van der Waals surface area contributed by atoms with Crippen LogP contribution in [0.2, 0.25) is 0 Å². The summed E-state index contributed by atoms with van der Waals surface area (Å²) < 4.78 is 45.0. The van der Waals surface area contributed by atoms with Gasteiger partial charge in [0.1, 0.15) is 11.9 Å². The quantitative estimate of drug-likeness (QED) is 0.850. The summed E-state index contributed by atoms with van der Waals surface area (Å²) in [6.07, 6.45) is 0.290. The second-order valence-corrected chi connectivity index (χ2v) is 7.30. The molecule has 1 aliphatic heterocycles. The standard InChI is InChI=1S/C15H16FN3O3S/c1-11-2-7-15(18-17-11)22-13-8-9-19(10-13)23(20,21)14-5-3-12(16)4-6-14/h2-7,13H,8-10H2,1H3. The summed E-state index contributed by atoms with van der Waals surface area (Å²) in [6, 6.07) is 8.30. The fourth-order valence-electron chi connectivity index (χ4n) is 2.39. The first-order valence-electron chi connectivity index (χ1n) is 7.18. The lowest BCUT2D eigenvalue weighted by Crippen LogP contribution is -2.31. The Hall–Kier alpha value is -2.06. The highest BCUT2D eigenvalue weighted by atomic mass is 32.2. The zero-order valence-corrected chi connectivity index (χ0v) is 13.3. The fraction of sp³-hybridized carbons (Fsp3) is 0.333. The zero-order valence-electron chi connectivity index (χ0n) is 12.5. The largest absolute Gasteiger partial charge is 0.472 e. The molecule has 0 spiro atoms. The molecule has 0 aliphatic carbocycles. The van der Waals surface area contributed by atoms with Crippen LogP contribution in [0.4, 0.5) is 4.39 Å². The Bertz CT molecular complexity index is 779. The lowest BCUT2D eigenvalue weighted by atomic mass is 10.3. The molecule has 8 heteroatoms. The van der Waals surface area contributed by atoms with Gasteiger partial charge in [-0.25, -0.2) is 12.8 Å². The van der Waals surface area contributed by atoms with E-state index in [1.54, 1.807) is 12.1 Å². The van der Waals surface area contributed by atoms with Crippen molar-refractivity contribution in [1.29, 1.82) is 0 Å². The van der Waals surface area contributed by atoms with Gasteiger partial charge in [0, 0.05) is 12.6 Å². The highest BCUT2D eigenvalue weighted by Gasteiger charge is 2.33. The van der Waals surface area contributed by atoms with Crippen LogP contribution in [0.3, 0.4) is 0 Å². The van der Waals surface area contributed by atoms with E-state index >= 15 is 0 Å². The lowest BCUT2D eigenvalue weighted by molar-refractivity contribution is 0.204. The molecule has 23 heavy (non-hydrogen) atoms. The van der Waals surface area contributed by atoms with Crippen molar-refractivity contribution in [3.8, 4) is 5.88 Å². The van der Waals surface area contributed by atoms with E-state index in [0.29, 0.717) is 18.8 Å². The molecule has 1 atom stereocenters. The Kier molecular flexibility index (Phi) is 4.27. The summed E-state index contributed by atoms with van der Waals surface area (Å²) in [5.41, 5.74) is 0.782. The molecular formula is C15H16FN3O3S. The van der Waals surface area contributed by atoms with Crippen molar-refractivity contribution in [2.75, 3.05) is 13.1 Å². The molecule has 1 aliphatic rings. The van der Waals surface area contributed by atoms with Crippen LogP contribution in [-0.2, 0) is 10.0 Å². The van der Waals surface area contributed by atoms with Gasteiger partial charge in [-0.2, -0.15) is 9.40 Å². The highest BCUT2D eigenvalue weighted by molar-refractivity contribution is 7.89. The van der Waals surface area contributed by atoms with Crippen molar-refractivity contribution < 1.29 is 17.5 Å². The van der Waals surface area contributed by atoms with Crippen molar-refractivity contribution in [3.05, 3.63) is 47.9 Å². The molecule has 0 amide bonds. The molecule has 1 aromatic heterocycles. The smallest absolute Gasteiger partial charge is 0.243 e. The van der Waals surface area contributed by atoms with E-state index in [4.69, 9.17) is 4.74 Å². The van der Waals surface area contributed by atoms with Gasteiger partial charge in [0.15, 0.2) is 0 Å². The van der Waals surface area contributed by atoms with Crippen molar-refractivity contribution in [2.24, 2.45) is 0 Å². The normalized spacial score (nSPS) is 19.0. The van der Waals surface area contributed by atoms with Crippen LogP contribution in [0.1, 0.15) is 12.1 Å². The predicted molar refractivity (Wildman–Crippen MR) is 81.0 cm³/mol. The fourth-order valence-corrected chi connectivity index (χ4v) is 3.87. The van der Waals surface area contributed by atoms with Crippen molar-refractivity contribution in [2.45, 2.75) is 24.3 Å². The molecule has 2 heterocycles. The summed E-state index contributed by atoms with van der Waals surface area (Å²) in [7, 11) is -3.64. The van der Waals surface area contributed by atoms with Crippen LogP contribution in [0, 0.1) is 12.7 Å². The number of ether oxygens (including phenoxy) is 1. The van der Waals surface area contributed by atoms with Gasteiger partial charge in [-0.3, -0.25) is 0 Å². The van der Waals surface area contributed by atoms with E-state index in [1.807, 2.05) is 6.92 Å². The minimum atomic E-state index is -3.64. The van der Waals surface area contributed by atoms with E-state index < -0.39 is 15.8 Å². The summed E-state index contributed by atoms with van der Waals surface area (Å²) >= 11 is 0. The van der Waals surface area contributed by atoms with Crippen LogP contribution < -0.4 is 4.74 Å². The van der Waals surface area contributed by atoms with Gasteiger partial charge in [-0.05, 0) is 43.7 Å². The van der Waals surface area contributed by atoms with E-state index in [2.05, 4.69) is 10.2 Å². The SMILES string of the molecule is Cc1ccc(OC2CCN(S(=O)(=O)c3ccc(F)cc3)C2)nn1. The van der Waals surface area contributed by atoms with E-state index in [9.17, 15) is 12.8 Å². The number of hydrogen-bond acceptors (Lipinski definition) is 5. The minimum absolute atomic E-state index is 0.0784. The van der Waals surface area contributed by atoms with Crippen LogP contribution in [0.25, 0.3) is 0 Å². The maximum absolute atomic E-state index is 12.9. The summed E-state index contributed by atoms with van der Waals surface area (Å²) in [6.45, 7) is 2.41. The van der Waals surface area contributed by atoms with Crippen molar-refractivity contribution >= 4 is 10.0 Å². The molecule has 0 radical (unpaired) electrons. The first kappa shape index (κ1) is 15.8. The van der Waals surface area contributed by atoms with Crippen molar-refractivity contribution in [1.82, 2.24) is 14.5 Å². The molecule has 1 fully saturated rings. The van der Waals surface area contributed by atoms with Crippen LogP contribution >= 0.6 is 0 Å². The van der Waals surface area contributed by atoms with Gasteiger partial charge >= 0.3 is 0 Å². The number of halogens is 1. The number of aryl methyl sites for hydroxylation is 1. The first-order chi connectivity index (χ1) is 10.9. The first-order valence-corrected chi connectivity index (χ1v) is 8.62. The van der Waals surface area contributed by atoms with Gasteiger partial charge in [-0.15, -0.1) is 5.10 Å². The summed E-state index contributed by atoms with van der Waals surface area (Å²) in [5.74, 6) is -0.0915. The Morgan fingerprint density at radius 1 is 1.17 bits per heavy atom. The van der Waals surface area contributed by atoms with Gasteiger partial charge < -0.3 is 4.74 Å². The molecule has 0 saturated carbocycles. The van der Waals surface area contributed by atoms with E-state index in [0.717, 1.165) is 17.8 Å². The summed E-state index contributed by atoms with van der Waals surface area (Å²) in [5, 5.41) is 7.82. The third-order valence-electron chi connectivity index (χ3n) is 3.62. The molecular weight excluding hydrogens is 321 g/mol. The molecule has 3 rings (SSSR count). The number of hydrogen-bond donors (Lipinski definition) is 0. The van der Waals surface area contributed by atoms with Crippen LogP contribution in [-0.4, -0.2) is 42.1 Å². The average molecular weight is 337 g/mol. The lowest BCUT2D eigenvalue weighted by Gasteiger charge is -2.17. The number of benzene rings is 1. The summed E-state index contributed by atoms with van der Waals surface area (Å²) in [4.78, 5) is 0.0784. The topological polar surface area (TPSA) is 72.4 Å². The van der Waals surface area contributed by atoms with Gasteiger partial charge in [0.25, 0.3) is 0 Å². The van der Waals surface area contributed by atoms with Crippen LogP contribution in [0.5, 0.6) is 5.88 Å². The third kappa shape index (κ3) is 3.48. The molecule has 1 aromatic carbocycles. The minimum Gasteiger partial charge on any atom is -0.472 e. The molecule has 6 nitrogen and oxygen atoms in total. The number of sulfonamides is 1. The molecule has 0 N–H and O–H groups in total. The van der Waals surface area contributed by atoms with E-state index in [-0.39, 0.29) is 17.5 Å². The molecule has 2 aromatic rings. The maximum Gasteiger partial charge on any atom is 0.243 e. The van der Waals surface area contributed by atoms with E-state index in [1.165, 1.54) is 16.4 Å².